The lowest BCUT2D eigenvalue weighted by Gasteiger charge is -2.26. The first-order valence-corrected chi connectivity index (χ1v) is 7.76. The number of thiocarbonyl (C=S) groups is 1. The second-order valence-corrected chi connectivity index (χ2v) is 5.53. The Morgan fingerprint density at radius 2 is 1.77 bits per heavy atom. The third kappa shape index (κ3) is 4.83. The number of aryl methyl sites for hydroxylation is 1. The molecule has 4 heteroatoms. The summed E-state index contributed by atoms with van der Waals surface area (Å²) in [5.74, 6) is 0. The number of anilines is 1. The Kier molecular flexibility index (Phi) is 6.37. The van der Waals surface area contributed by atoms with E-state index >= 15 is 0 Å². The summed E-state index contributed by atoms with van der Waals surface area (Å²) in [6.07, 6.45) is 0. The van der Waals surface area contributed by atoms with E-state index < -0.39 is 0 Å². The van der Waals surface area contributed by atoms with Gasteiger partial charge in [0.15, 0.2) is 5.11 Å². The lowest BCUT2D eigenvalue weighted by Crippen LogP contribution is -2.36. The summed E-state index contributed by atoms with van der Waals surface area (Å²) in [6, 6.07) is 18.5. The van der Waals surface area contributed by atoms with Crippen LogP contribution in [0, 0.1) is 6.92 Å². The first-order valence-electron chi connectivity index (χ1n) is 7.35. The number of methoxy groups -OCH3 is 1. The van der Waals surface area contributed by atoms with Gasteiger partial charge in [-0.15, -0.1) is 0 Å². The molecule has 2 rings (SSSR count). The lowest BCUT2D eigenvalue weighted by molar-refractivity contribution is 0.175. The maximum Gasteiger partial charge on any atom is 0.173 e. The molecule has 0 saturated heterocycles. The molecule has 2 aromatic rings. The van der Waals surface area contributed by atoms with Gasteiger partial charge >= 0.3 is 0 Å². The zero-order valence-corrected chi connectivity index (χ0v) is 13.9. The zero-order chi connectivity index (χ0) is 15.8. The molecular formula is C18H22N2OS. The van der Waals surface area contributed by atoms with Crippen molar-refractivity contribution in [2.75, 3.05) is 25.6 Å². The molecule has 0 saturated carbocycles. The average Bonchev–Trinajstić information content (AvgIpc) is 2.54. The number of nitrogens with one attached hydrogen (secondary N) is 1. The second kappa shape index (κ2) is 8.51. The highest BCUT2D eigenvalue weighted by atomic mass is 32.1. The van der Waals surface area contributed by atoms with E-state index in [0.717, 1.165) is 23.9 Å². The SMILES string of the molecule is COCCN(Cc1ccccc1)C(=S)Nc1ccccc1C. The molecule has 0 spiro atoms. The molecular weight excluding hydrogens is 292 g/mol. The summed E-state index contributed by atoms with van der Waals surface area (Å²) >= 11 is 5.59. The summed E-state index contributed by atoms with van der Waals surface area (Å²) in [5, 5.41) is 4.06. The largest absolute Gasteiger partial charge is 0.383 e. The summed E-state index contributed by atoms with van der Waals surface area (Å²) in [6.45, 7) is 4.23. The molecule has 0 aliphatic heterocycles. The van der Waals surface area contributed by atoms with E-state index in [-0.39, 0.29) is 0 Å². The molecule has 3 nitrogen and oxygen atoms in total. The molecule has 0 aromatic heterocycles. The Labute approximate surface area is 137 Å². The predicted molar refractivity (Wildman–Crippen MR) is 96.1 cm³/mol. The van der Waals surface area contributed by atoms with Crippen molar-refractivity contribution in [1.82, 2.24) is 4.90 Å². The highest BCUT2D eigenvalue weighted by Gasteiger charge is 2.11. The number of hydrogen-bond acceptors (Lipinski definition) is 2. The Hall–Kier alpha value is -1.91. The standard InChI is InChI=1S/C18H22N2OS/c1-15-8-6-7-11-17(15)19-18(22)20(12-13-21-2)14-16-9-4-3-5-10-16/h3-11H,12-14H2,1-2H3,(H,19,22). The van der Waals surface area contributed by atoms with Gasteiger partial charge in [-0.1, -0.05) is 48.5 Å². The van der Waals surface area contributed by atoms with Crippen LogP contribution in [0.15, 0.2) is 54.6 Å². The van der Waals surface area contributed by atoms with Crippen molar-refractivity contribution in [1.29, 1.82) is 0 Å². The molecule has 0 amide bonds. The number of para-hydroxylation sites is 1. The molecule has 0 bridgehead atoms. The van der Waals surface area contributed by atoms with Gasteiger partial charge in [-0.3, -0.25) is 0 Å². The van der Waals surface area contributed by atoms with Gasteiger partial charge in [0.1, 0.15) is 0 Å². The topological polar surface area (TPSA) is 24.5 Å². The molecule has 1 N–H and O–H groups in total. The van der Waals surface area contributed by atoms with E-state index in [0.29, 0.717) is 6.61 Å². The first-order chi connectivity index (χ1) is 10.7. The smallest absolute Gasteiger partial charge is 0.173 e. The van der Waals surface area contributed by atoms with Crippen molar-refractivity contribution in [3.05, 3.63) is 65.7 Å². The van der Waals surface area contributed by atoms with Crippen LogP contribution in [-0.4, -0.2) is 30.3 Å². The van der Waals surface area contributed by atoms with Crippen LogP contribution in [0.5, 0.6) is 0 Å². The van der Waals surface area contributed by atoms with Crippen LogP contribution in [0.2, 0.25) is 0 Å². The third-order valence-corrected chi connectivity index (χ3v) is 3.82. The van der Waals surface area contributed by atoms with Crippen molar-refractivity contribution in [3.8, 4) is 0 Å². The van der Waals surface area contributed by atoms with Gasteiger partial charge in [-0.2, -0.15) is 0 Å². The maximum atomic E-state index is 5.59. The van der Waals surface area contributed by atoms with Gasteiger partial charge < -0.3 is 15.0 Å². The van der Waals surface area contributed by atoms with Crippen LogP contribution in [0.4, 0.5) is 5.69 Å². The Morgan fingerprint density at radius 3 is 2.45 bits per heavy atom. The molecule has 0 heterocycles. The minimum Gasteiger partial charge on any atom is -0.383 e. The Balaban J connectivity index is 2.07. The van der Waals surface area contributed by atoms with E-state index in [1.165, 1.54) is 11.1 Å². The van der Waals surface area contributed by atoms with Crippen molar-refractivity contribution < 1.29 is 4.74 Å². The molecule has 0 aliphatic rings. The third-order valence-electron chi connectivity index (χ3n) is 3.46. The van der Waals surface area contributed by atoms with Crippen LogP contribution in [0.1, 0.15) is 11.1 Å². The molecule has 22 heavy (non-hydrogen) atoms. The van der Waals surface area contributed by atoms with Crippen LogP contribution < -0.4 is 5.32 Å². The van der Waals surface area contributed by atoms with E-state index in [2.05, 4.69) is 35.3 Å². The van der Waals surface area contributed by atoms with E-state index in [1.54, 1.807) is 7.11 Å². The van der Waals surface area contributed by atoms with Crippen molar-refractivity contribution in [2.45, 2.75) is 13.5 Å². The van der Waals surface area contributed by atoms with Gasteiger partial charge in [0.25, 0.3) is 0 Å². The summed E-state index contributed by atoms with van der Waals surface area (Å²) in [5.41, 5.74) is 3.45. The Morgan fingerprint density at radius 1 is 1.09 bits per heavy atom. The summed E-state index contributed by atoms with van der Waals surface area (Å²) in [4.78, 5) is 2.13. The van der Waals surface area contributed by atoms with Crippen LogP contribution in [-0.2, 0) is 11.3 Å². The molecule has 0 unspecified atom stereocenters. The molecule has 116 valence electrons. The fourth-order valence-electron chi connectivity index (χ4n) is 2.17. The molecule has 0 fully saturated rings. The highest BCUT2D eigenvalue weighted by Crippen LogP contribution is 2.15. The fourth-order valence-corrected chi connectivity index (χ4v) is 2.43. The van der Waals surface area contributed by atoms with Gasteiger partial charge in [-0.25, -0.2) is 0 Å². The van der Waals surface area contributed by atoms with E-state index in [9.17, 15) is 0 Å². The normalized spacial score (nSPS) is 10.3. The van der Waals surface area contributed by atoms with Gasteiger partial charge in [0, 0.05) is 25.9 Å². The fraction of sp³-hybridized carbons (Fsp3) is 0.278. The van der Waals surface area contributed by atoms with Gasteiger partial charge in [-0.05, 0) is 36.3 Å². The maximum absolute atomic E-state index is 5.59. The number of nitrogens with zero attached hydrogens (tertiary/aromatic N) is 1. The monoisotopic (exact) mass is 314 g/mol. The van der Waals surface area contributed by atoms with Crippen molar-refractivity contribution >= 4 is 23.0 Å². The van der Waals surface area contributed by atoms with Gasteiger partial charge in [0.05, 0.1) is 6.61 Å². The van der Waals surface area contributed by atoms with E-state index in [4.69, 9.17) is 17.0 Å². The first kappa shape index (κ1) is 16.5. The minimum absolute atomic E-state index is 0.641. The van der Waals surface area contributed by atoms with Gasteiger partial charge in [0.2, 0.25) is 0 Å². The quantitative estimate of drug-likeness (QED) is 0.819. The van der Waals surface area contributed by atoms with Crippen LogP contribution in [0.25, 0.3) is 0 Å². The summed E-state index contributed by atoms with van der Waals surface area (Å²) in [7, 11) is 1.71. The number of ether oxygens (including phenoxy) is 1. The number of benzene rings is 2. The zero-order valence-electron chi connectivity index (χ0n) is 13.1. The van der Waals surface area contributed by atoms with Crippen LogP contribution >= 0.6 is 12.2 Å². The van der Waals surface area contributed by atoms with Crippen molar-refractivity contribution in [3.63, 3.8) is 0 Å². The van der Waals surface area contributed by atoms with Crippen molar-refractivity contribution in [2.24, 2.45) is 0 Å². The number of rotatable bonds is 6. The number of hydrogen-bond donors (Lipinski definition) is 1. The summed E-state index contributed by atoms with van der Waals surface area (Å²) < 4.78 is 5.21. The van der Waals surface area contributed by atoms with E-state index in [1.807, 2.05) is 36.4 Å². The highest BCUT2D eigenvalue weighted by molar-refractivity contribution is 7.80. The average molecular weight is 314 g/mol. The molecule has 2 aromatic carbocycles. The minimum atomic E-state index is 0.641. The lowest BCUT2D eigenvalue weighted by atomic mass is 10.2. The molecule has 0 atom stereocenters. The van der Waals surface area contributed by atoms with Crippen LogP contribution in [0.3, 0.4) is 0 Å². The Bertz CT molecular complexity index is 601. The molecule has 0 aliphatic carbocycles. The predicted octanol–water partition coefficient (Wildman–Crippen LogP) is 3.84. The second-order valence-electron chi connectivity index (χ2n) is 5.15. The molecule has 0 radical (unpaired) electrons.